The van der Waals surface area contributed by atoms with Gasteiger partial charge in [-0.3, -0.25) is 9.69 Å². The fraction of sp³-hybridized carbons (Fsp3) is 0.632. The lowest BCUT2D eigenvalue weighted by Gasteiger charge is -2.40. The maximum absolute atomic E-state index is 12.2. The van der Waals surface area contributed by atoms with Crippen LogP contribution < -0.4 is 0 Å². The molecule has 1 saturated heterocycles. The Kier molecular flexibility index (Phi) is 5.54. The lowest BCUT2D eigenvalue weighted by Crippen LogP contribution is -2.50. The summed E-state index contributed by atoms with van der Waals surface area (Å²) in [7, 11) is 3.54. The molecule has 0 bridgehead atoms. The van der Waals surface area contributed by atoms with Crippen molar-refractivity contribution < 1.29 is 14.6 Å². The van der Waals surface area contributed by atoms with Gasteiger partial charge in [0.05, 0.1) is 19.3 Å². The van der Waals surface area contributed by atoms with Gasteiger partial charge in [-0.05, 0) is 30.5 Å². The van der Waals surface area contributed by atoms with Gasteiger partial charge in [-0.1, -0.05) is 18.6 Å². The maximum Gasteiger partial charge on any atom is 0.253 e. The number of morpholine rings is 1. The predicted molar refractivity (Wildman–Crippen MR) is 92.8 cm³/mol. The average Bonchev–Trinajstić information content (AvgIpc) is 3.01. The number of amides is 1. The Labute approximate surface area is 144 Å². The third-order valence-corrected chi connectivity index (χ3v) is 5.27. The molecule has 132 valence electrons. The van der Waals surface area contributed by atoms with Crippen molar-refractivity contribution in [3.63, 3.8) is 0 Å². The lowest BCUT2D eigenvalue weighted by atomic mass is 9.93. The van der Waals surface area contributed by atoms with E-state index in [9.17, 15) is 9.90 Å². The van der Waals surface area contributed by atoms with Crippen LogP contribution in [-0.4, -0.2) is 66.8 Å². The van der Waals surface area contributed by atoms with Crippen molar-refractivity contribution in [1.82, 2.24) is 9.80 Å². The zero-order valence-electron chi connectivity index (χ0n) is 14.6. The first-order valence-electron chi connectivity index (χ1n) is 8.86. The molecule has 3 atom stereocenters. The van der Waals surface area contributed by atoms with E-state index >= 15 is 0 Å². The molecule has 2 fully saturated rings. The summed E-state index contributed by atoms with van der Waals surface area (Å²) < 4.78 is 5.69. The Morgan fingerprint density at radius 1 is 1.38 bits per heavy atom. The van der Waals surface area contributed by atoms with E-state index in [-0.39, 0.29) is 18.1 Å². The van der Waals surface area contributed by atoms with Crippen molar-refractivity contribution in [1.29, 1.82) is 0 Å². The van der Waals surface area contributed by atoms with Crippen molar-refractivity contribution in [2.45, 2.75) is 38.0 Å². The van der Waals surface area contributed by atoms with Crippen LogP contribution in [0.25, 0.3) is 0 Å². The molecular formula is C19H28N2O3. The van der Waals surface area contributed by atoms with Crippen molar-refractivity contribution in [3.05, 3.63) is 35.4 Å². The minimum Gasteiger partial charge on any atom is -0.393 e. The van der Waals surface area contributed by atoms with Crippen LogP contribution in [0.5, 0.6) is 0 Å². The monoisotopic (exact) mass is 332 g/mol. The number of aliphatic hydroxyl groups is 1. The highest BCUT2D eigenvalue weighted by Gasteiger charge is 2.37. The summed E-state index contributed by atoms with van der Waals surface area (Å²) in [6, 6.07) is 8.14. The van der Waals surface area contributed by atoms with E-state index in [4.69, 9.17) is 4.74 Å². The van der Waals surface area contributed by atoms with Crippen LogP contribution in [-0.2, 0) is 11.3 Å². The normalized spacial score (nSPS) is 28.0. The van der Waals surface area contributed by atoms with Crippen LogP contribution in [0.15, 0.2) is 24.3 Å². The van der Waals surface area contributed by atoms with E-state index in [1.807, 2.05) is 18.2 Å². The number of rotatable bonds is 4. The highest BCUT2D eigenvalue weighted by Crippen LogP contribution is 2.32. The molecule has 1 aliphatic carbocycles. The van der Waals surface area contributed by atoms with Crippen molar-refractivity contribution in [2.24, 2.45) is 5.92 Å². The number of ether oxygens (including phenoxy) is 1. The Balaban J connectivity index is 1.73. The van der Waals surface area contributed by atoms with Crippen LogP contribution in [0.4, 0.5) is 0 Å². The Hall–Kier alpha value is -1.43. The molecule has 24 heavy (non-hydrogen) atoms. The van der Waals surface area contributed by atoms with E-state index in [0.29, 0.717) is 12.5 Å². The molecule has 1 aliphatic heterocycles. The zero-order chi connectivity index (χ0) is 17.1. The Bertz CT molecular complexity index is 575. The summed E-state index contributed by atoms with van der Waals surface area (Å²) in [5, 5.41) is 10.3. The van der Waals surface area contributed by atoms with Gasteiger partial charge < -0.3 is 14.7 Å². The summed E-state index contributed by atoms with van der Waals surface area (Å²) in [6.07, 6.45) is 2.87. The van der Waals surface area contributed by atoms with Gasteiger partial charge in [-0.25, -0.2) is 0 Å². The molecular weight excluding hydrogens is 304 g/mol. The third kappa shape index (κ3) is 3.79. The quantitative estimate of drug-likeness (QED) is 0.913. The Morgan fingerprint density at radius 3 is 2.92 bits per heavy atom. The van der Waals surface area contributed by atoms with Crippen molar-refractivity contribution in [2.75, 3.05) is 33.9 Å². The topological polar surface area (TPSA) is 53.0 Å². The highest BCUT2D eigenvalue weighted by atomic mass is 16.5. The molecule has 2 aliphatic rings. The average molecular weight is 332 g/mol. The minimum atomic E-state index is -0.208. The smallest absolute Gasteiger partial charge is 0.253 e. The van der Waals surface area contributed by atoms with Gasteiger partial charge in [0, 0.05) is 44.7 Å². The highest BCUT2D eigenvalue weighted by molar-refractivity contribution is 5.94. The van der Waals surface area contributed by atoms with Gasteiger partial charge in [-0.2, -0.15) is 0 Å². The van der Waals surface area contributed by atoms with Gasteiger partial charge in [0.25, 0.3) is 5.91 Å². The van der Waals surface area contributed by atoms with Gasteiger partial charge in [0.15, 0.2) is 0 Å². The molecule has 0 radical (unpaired) electrons. The minimum absolute atomic E-state index is 0.0293. The molecule has 1 aromatic rings. The summed E-state index contributed by atoms with van der Waals surface area (Å²) in [5.74, 6) is 0.332. The molecule has 0 unspecified atom stereocenters. The number of benzene rings is 1. The molecule has 1 saturated carbocycles. The fourth-order valence-electron chi connectivity index (χ4n) is 3.96. The maximum atomic E-state index is 12.2. The molecule has 1 amide bonds. The first kappa shape index (κ1) is 17.4. The van der Waals surface area contributed by atoms with Crippen LogP contribution in [0, 0.1) is 5.92 Å². The van der Waals surface area contributed by atoms with Crippen LogP contribution in [0.2, 0.25) is 0 Å². The van der Waals surface area contributed by atoms with Gasteiger partial charge in [0.2, 0.25) is 0 Å². The molecule has 5 nitrogen and oxygen atoms in total. The molecule has 0 spiro atoms. The molecule has 1 heterocycles. The summed E-state index contributed by atoms with van der Waals surface area (Å²) in [6.45, 7) is 3.10. The SMILES string of the molecule is CN(C)C(=O)c1cccc(CN2CCOC[C@@H]2[C@H]2CCC[C@@H]2O)c1. The number of aliphatic hydroxyl groups excluding tert-OH is 1. The van der Waals surface area contributed by atoms with Gasteiger partial charge >= 0.3 is 0 Å². The molecule has 1 N–H and O–H groups in total. The van der Waals surface area contributed by atoms with E-state index in [1.165, 1.54) is 0 Å². The molecule has 5 heteroatoms. The fourth-order valence-corrected chi connectivity index (χ4v) is 3.96. The molecule has 1 aromatic carbocycles. The zero-order valence-corrected chi connectivity index (χ0v) is 14.6. The van der Waals surface area contributed by atoms with Crippen LogP contribution in [0.3, 0.4) is 0 Å². The molecule has 0 aromatic heterocycles. The summed E-state index contributed by atoms with van der Waals surface area (Å²) >= 11 is 0. The second-order valence-corrected chi connectivity index (χ2v) is 7.17. The third-order valence-electron chi connectivity index (χ3n) is 5.27. The Morgan fingerprint density at radius 2 is 2.21 bits per heavy atom. The van der Waals surface area contributed by atoms with Crippen molar-refractivity contribution >= 4 is 5.91 Å². The summed E-state index contributed by atoms with van der Waals surface area (Å²) in [5.41, 5.74) is 1.87. The number of carbonyl (C=O) groups is 1. The second-order valence-electron chi connectivity index (χ2n) is 7.17. The number of hydrogen-bond acceptors (Lipinski definition) is 4. The predicted octanol–water partition coefficient (Wildman–Crippen LogP) is 1.75. The lowest BCUT2D eigenvalue weighted by molar-refractivity contribution is -0.0536. The second kappa shape index (κ2) is 7.64. The summed E-state index contributed by atoms with van der Waals surface area (Å²) in [4.78, 5) is 16.2. The first-order chi connectivity index (χ1) is 11.6. The van der Waals surface area contributed by atoms with E-state index < -0.39 is 0 Å². The van der Waals surface area contributed by atoms with E-state index in [0.717, 1.165) is 50.1 Å². The van der Waals surface area contributed by atoms with Gasteiger partial charge in [0.1, 0.15) is 0 Å². The van der Waals surface area contributed by atoms with E-state index in [1.54, 1.807) is 19.0 Å². The van der Waals surface area contributed by atoms with Crippen LogP contribution in [0.1, 0.15) is 35.2 Å². The number of carbonyl (C=O) groups excluding carboxylic acids is 1. The first-order valence-corrected chi connectivity index (χ1v) is 8.86. The molecule has 3 rings (SSSR count). The van der Waals surface area contributed by atoms with Crippen molar-refractivity contribution in [3.8, 4) is 0 Å². The van der Waals surface area contributed by atoms with Gasteiger partial charge in [-0.15, -0.1) is 0 Å². The number of hydrogen-bond donors (Lipinski definition) is 1. The van der Waals surface area contributed by atoms with Crippen LogP contribution >= 0.6 is 0 Å². The standard InChI is InChI=1S/C19H28N2O3/c1-20(2)19(23)15-6-3-5-14(11-15)12-21-9-10-24-13-17(21)16-7-4-8-18(16)22/h3,5-6,11,16-18,22H,4,7-10,12-13H2,1-2H3/t16-,17-,18+/m1/s1. The van der Waals surface area contributed by atoms with E-state index in [2.05, 4.69) is 11.0 Å². The number of nitrogens with zero attached hydrogens (tertiary/aromatic N) is 2. The largest absolute Gasteiger partial charge is 0.393 e.